The lowest BCUT2D eigenvalue weighted by Crippen LogP contribution is -2.11. The Kier molecular flexibility index (Phi) is 5.49. The van der Waals surface area contributed by atoms with Crippen LogP contribution in [0.5, 0.6) is 0 Å². The summed E-state index contributed by atoms with van der Waals surface area (Å²) in [6, 6.07) is 0. The molecule has 86 valence electrons. The van der Waals surface area contributed by atoms with Gasteiger partial charge in [-0.05, 0) is 13.8 Å². The maximum atomic E-state index is 11.9. The smallest absolute Gasteiger partial charge is 0.292 e. The number of hydrogen-bond donors (Lipinski definition) is 1. The van der Waals surface area contributed by atoms with Crippen molar-refractivity contribution in [3.8, 4) is 0 Å². The van der Waals surface area contributed by atoms with Crippen LogP contribution in [0.1, 0.15) is 13.8 Å². The minimum atomic E-state index is -3.26. The van der Waals surface area contributed by atoms with Gasteiger partial charge in [-0.25, -0.2) is 9.76 Å². The molecule has 0 aliphatic heterocycles. The molecule has 0 bridgehead atoms. The van der Waals surface area contributed by atoms with E-state index in [0.29, 0.717) is 13.2 Å². The van der Waals surface area contributed by atoms with Gasteiger partial charge in [-0.1, -0.05) is 0 Å². The molecule has 8 heteroatoms. The second-order valence-corrected chi connectivity index (χ2v) is 6.08. The van der Waals surface area contributed by atoms with E-state index in [1.54, 1.807) is 13.8 Å². The lowest BCUT2D eigenvalue weighted by molar-refractivity contribution is 0.211. The Labute approximate surface area is 96.3 Å². The molecule has 0 aliphatic rings. The third kappa shape index (κ3) is 4.44. The molecule has 0 saturated heterocycles. The van der Waals surface area contributed by atoms with Crippen LogP contribution in [-0.2, 0) is 13.6 Å². The average molecular weight is 268 g/mol. The summed E-state index contributed by atoms with van der Waals surface area (Å²) in [6.07, 6.45) is 0. The molecule has 0 radical (unpaired) electrons. The summed E-state index contributed by atoms with van der Waals surface area (Å²) in [6.45, 7) is 4.13. The Hall–Kier alpha value is -0.200. The first-order valence-electron chi connectivity index (χ1n) is 4.42. The summed E-state index contributed by atoms with van der Waals surface area (Å²) < 4.78 is 22.7. The lowest BCUT2D eigenvalue weighted by atomic mass is 10.9. The Morgan fingerprint density at radius 3 is 2.33 bits per heavy atom. The fraction of sp³-hybridized carbons (Fsp3) is 0.571. The van der Waals surface area contributed by atoms with Crippen molar-refractivity contribution in [3.63, 3.8) is 0 Å². The molecule has 0 saturated carbocycles. The van der Waals surface area contributed by atoms with Gasteiger partial charge in [-0.15, -0.1) is 27.8 Å². The zero-order valence-corrected chi connectivity index (χ0v) is 11.0. The molecule has 0 spiro atoms. The van der Waals surface area contributed by atoms with E-state index in [9.17, 15) is 4.57 Å². The van der Waals surface area contributed by atoms with Gasteiger partial charge >= 0.3 is 7.75 Å². The Morgan fingerprint density at radius 1 is 1.33 bits per heavy atom. The molecule has 1 rings (SSSR count). The van der Waals surface area contributed by atoms with Crippen LogP contribution in [0.2, 0.25) is 0 Å². The van der Waals surface area contributed by atoms with Crippen molar-refractivity contribution in [3.05, 3.63) is 14.7 Å². The highest BCUT2D eigenvalue weighted by Crippen LogP contribution is 2.43. The summed E-state index contributed by atoms with van der Waals surface area (Å²) in [5.74, 6) is 0. The van der Waals surface area contributed by atoms with Gasteiger partial charge in [0.2, 0.25) is 0 Å². The van der Waals surface area contributed by atoms with E-state index in [1.165, 1.54) is 22.7 Å². The second kappa shape index (κ2) is 6.40. The number of hydrogen-bond acceptors (Lipinski definition) is 6. The van der Waals surface area contributed by atoms with Gasteiger partial charge in [0.25, 0.3) is 0 Å². The van der Waals surface area contributed by atoms with Gasteiger partial charge in [-0.2, -0.15) is 0 Å². The highest BCUT2D eigenvalue weighted by molar-refractivity contribution is 7.51. The molecule has 1 heterocycles. The number of nitrogens with zero attached hydrogens (tertiary/aromatic N) is 1. The van der Waals surface area contributed by atoms with Crippen LogP contribution in [0, 0.1) is 0 Å². The Balaban J connectivity index is 2.67. The summed E-state index contributed by atoms with van der Waals surface area (Å²) in [7, 11) is -3.26. The van der Waals surface area contributed by atoms with Crippen molar-refractivity contribution in [2.24, 2.45) is 5.10 Å². The molecule has 0 atom stereocenters. The molecular formula is C7H13N2O3PS2. The third-order valence-corrected chi connectivity index (χ3v) is 4.68. The monoisotopic (exact) mass is 268 g/mol. The highest BCUT2D eigenvalue weighted by Gasteiger charge is 2.22. The molecule has 15 heavy (non-hydrogen) atoms. The Morgan fingerprint density at radius 2 is 1.87 bits per heavy atom. The number of rotatable bonds is 6. The van der Waals surface area contributed by atoms with Crippen LogP contribution in [0.25, 0.3) is 0 Å². The van der Waals surface area contributed by atoms with Crippen molar-refractivity contribution >= 4 is 30.4 Å². The molecular weight excluding hydrogens is 255 g/mol. The summed E-state index contributed by atoms with van der Waals surface area (Å²) in [5, 5.41) is 10.2. The quantitative estimate of drug-likeness (QED) is 0.635. The SMILES string of the molecule is CCOP(=O)(NN=c1sccs1)OCC. The van der Waals surface area contributed by atoms with Crippen molar-refractivity contribution in [2.75, 3.05) is 13.2 Å². The van der Waals surface area contributed by atoms with Crippen molar-refractivity contribution < 1.29 is 13.6 Å². The third-order valence-electron chi connectivity index (χ3n) is 1.26. The largest absolute Gasteiger partial charge is 0.448 e. The molecule has 1 aromatic heterocycles. The van der Waals surface area contributed by atoms with Crippen LogP contribution in [-0.4, -0.2) is 13.2 Å². The predicted molar refractivity (Wildman–Crippen MR) is 61.8 cm³/mol. The van der Waals surface area contributed by atoms with E-state index < -0.39 is 7.75 Å². The van der Waals surface area contributed by atoms with Crippen LogP contribution >= 0.6 is 30.4 Å². The van der Waals surface area contributed by atoms with Crippen LogP contribution in [0.15, 0.2) is 15.9 Å². The molecule has 1 N–H and O–H groups in total. The Bertz CT molecular complexity index is 363. The molecule has 5 nitrogen and oxygen atoms in total. The van der Waals surface area contributed by atoms with E-state index in [4.69, 9.17) is 9.05 Å². The molecule has 0 amide bonds. The summed E-state index contributed by atoms with van der Waals surface area (Å²) in [4.78, 5) is 0. The van der Waals surface area contributed by atoms with Crippen LogP contribution < -0.4 is 9.18 Å². The normalized spacial score (nSPS) is 11.3. The van der Waals surface area contributed by atoms with Gasteiger partial charge in [0, 0.05) is 10.8 Å². The maximum Gasteiger partial charge on any atom is 0.448 e. The lowest BCUT2D eigenvalue weighted by Gasteiger charge is -2.14. The van der Waals surface area contributed by atoms with Crippen molar-refractivity contribution in [2.45, 2.75) is 13.8 Å². The first kappa shape index (κ1) is 12.9. The van der Waals surface area contributed by atoms with E-state index in [0.717, 1.165) is 3.98 Å². The fourth-order valence-corrected chi connectivity index (χ4v) is 3.45. The van der Waals surface area contributed by atoms with Gasteiger partial charge in [-0.3, -0.25) is 9.05 Å². The average Bonchev–Trinajstić information content (AvgIpc) is 2.68. The van der Waals surface area contributed by atoms with E-state index in [2.05, 4.69) is 10.3 Å². The zero-order chi connectivity index (χ0) is 11.1. The molecule has 1 aromatic rings. The molecule has 0 unspecified atom stereocenters. The van der Waals surface area contributed by atoms with Gasteiger partial charge in [0.15, 0.2) is 3.98 Å². The highest BCUT2D eigenvalue weighted by atomic mass is 32.2. The fourth-order valence-electron chi connectivity index (χ4n) is 0.789. The minimum absolute atomic E-state index is 0.313. The first-order valence-corrected chi connectivity index (χ1v) is 7.73. The van der Waals surface area contributed by atoms with E-state index >= 15 is 0 Å². The van der Waals surface area contributed by atoms with E-state index in [-0.39, 0.29) is 0 Å². The standard InChI is InChI=1S/C7H13N2O3PS2/c1-3-11-13(10,12-4-2)9-8-7-14-5-6-15-7/h5-6H,3-4H2,1-2H3,(H,9,10). The topological polar surface area (TPSA) is 59.9 Å². The second-order valence-electron chi connectivity index (χ2n) is 2.32. The zero-order valence-electron chi connectivity index (χ0n) is 8.50. The number of nitrogens with one attached hydrogen (secondary N) is 1. The maximum absolute atomic E-state index is 11.9. The van der Waals surface area contributed by atoms with Crippen LogP contribution in [0.4, 0.5) is 0 Å². The van der Waals surface area contributed by atoms with Gasteiger partial charge < -0.3 is 0 Å². The summed E-state index contributed by atoms with van der Waals surface area (Å²) >= 11 is 2.91. The summed E-state index contributed by atoms with van der Waals surface area (Å²) in [5.41, 5.74) is 0. The first-order chi connectivity index (χ1) is 7.20. The van der Waals surface area contributed by atoms with Crippen molar-refractivity contribution in [1.29, 1.82) is 0 Å². The van der Waals surface area contributed by atoms with Crippen molar-refractivity contribution in [1.82, 2.24) is 5.20 Å². The van der Waals surface area contributed by atoms with Gasteiger partial charge in [0.05, 0.1) is 13.2 Å². The minimum Gasteiger partial charge on any atom is -0.292 e. The van der Waals surface area contributed by atoms with Crippen LogP contribution in [0.3, 0.4) is 0 Å². The molecule has 0 aliphatic carbocycles. The van der Waals surface area contributed by atoms with E-state index in [1.807, 2.05) is 10.8 Å². The molecule has 0 fully saturated rings. The molecule has 0 aromatic carbocycles. The van der Waals surface area contributed by atoms with Gasteiger partial charge in [0.1, 0.15) is 0 Å². The predicted octanol–water partition coefficient (Wildman–Crippen LogP) is 2.40.